The molecule has 2 aliphatic heterocycles. The fourth-order valence-corrected chi connectivity index (χ4v) is 5.31. The molecule has 2 heterocycles. The number of methoxy groups -OCH3 is 1. The van der Waals surface area contributed by atoms with Crippen molar-refractivity contribution in [2.45, 2.75) is 76.8 Å². The summed E-state index contributed by atoms with van der Waals surface area (Å²) in [5, 5.41) is 61.3. The molecule has 4 rings (SSSR count). The van der Waals surface area contributed by atoms with Crippen LogP contribution >= 0.6 is 0 Å². The van der Waals surface area contributed by atoms with E-state index in [0.29, 0.717) is 17.5 Å². The number of fused-ring (bicyclic) bond motifs is 1. The third-order valence-corrected chi connectivity index (χ3v) is 7.85. The topological polar surface area (TPSA) is 175 Å². The maximum Gasteiger partial charge on any atom is 0.229 e. The van der Waals surface area contributed by atoms with E-state index in [1.54, 1.807) is 0 Å². The van der Waals surface area contributed by atoms with E-state index >= 15 is 0 Å². The normalized spacial score (nSPS) is 25.7. The first-order chi connectivity index (χ1) is 20.4. The van der Waals surface area contributed by atoms with Crippen molar-refractivity contribution in [1.82, 2.24) is 0 Å². The number of hydrogen-bond acceptors (Lipinski definition) is 11. The molecule has 1 unspecified atom stereocenters. The number of phenols is 2. The molecule has 2 aliphatic rings. The summed E-state index contributed by atoms with van der Waals surface area (Å²) in [5.41, 5.74) is 2.86. The highest BCUT2D eigenvalue weighted by atomic mass is 16.7. The Balaban J connectivity index is 1.86. The van der Waals surface area contributed by atoms with Crippen LogP contribution < -0.4 is 14.2 Å². The van der Waals surface area contributed by atoms with E-state index in [9.17, 15) is 35.4 Å². The second kappa shape index (κ2) is 13.4. The van der Waals surface area contributed by atoms with E-state index in [1.807, 2.05) is 20.8 Å². The molecule has 0 radical (unpaired) electrons. The van der Waals surface area contributed by atoms with Crippen LogP contribution in [0.25, 0.3) is 0 Å². The maximum absolute atomic E-state index is 13.6. The minimum Gasteiger partial charge on any atom is -0.508 e. The number of phenolic OH excluding ortho intramolecular Hbond substituents is 2. The number of aliphatic hydroxyl groups is 4. The summed E-state index contributed by atoms with van der Waals surface area (Å²) in [6, 6.07) is 5.50. The van der Waals surface area contributed by atoms with Crippen molar-refractivity contribution in [3.05, 3.63) is 64.8 Å². The largest absolute Gasteiger partial charge is 0.508 e. The third kappa shape index (κ3) is 6.81. The first-order valence-electron chi connectivity index (χ1n) is 14.1. The number of aliphatic hydroxyl groups excluding tert-OH is 4. The number of carbonyl (C=O) groups is 1. The average Bonchev–Trinajstić information content (AvgIpc) is 2.95. The van der Waals surface area contributed by atoms with Gasteiger partial charge in [0, 0.05) is 23.3 Å². The molecule has 1 saturated heterocycles. The summed E-state index contributed by atoms with van der Waals surface area (Å²) >= 11 is 0. The van der Waals surface area contributed by atoms with Gasteiger partial charge in [-0.05, 0) is 51.7 Å². The molecule has 7 atom stereocenters. The summed E-state index contributed by atoms with van der Waals surface area (Å²) in [6.45, 7) is 9.37. The summed E-state index contributed by atoms with van der Waals surface area (Å²) in [4.78, 5) is 13.6. The fraction of sp³-hybridized carbons (Fsp3) is 0.469. The maximum atomic E-state index is 13.6. The number of carbonyl (C=O) groups excluding carboxylic acids is 1. The molecule has 2 aromatic carbocycles. The van der Waals surface area contributed by atoms with E-state index < -0.39 is 43.4 Å². The second-order valence-electron chi connectivity index (χ2n) is 11.3. The van der Waals surface area contributed by atoms with Gasteiger partial charge in [0.2, 0.25) is 6.29 Å². The molecule has 234 valence electrons. The highest BCUT2D eigenvalue weighted by molar-refractivity contribution is 6.03. The van der Waals surface area contributed by atoms with Crippen LogP contribution in [-0.2, 0) is 11.2 Å². The van der Waals surface area contributed by atoms with Crippen LogP contribution in [0.15, 0.2) is 48.1 Å². The zero-order valence-corrected chi connectivity index (χ0v) is 24.7. The summed E-state index contributed by atoms with van der Waals surface area (Å²) in [6.07, 6.45) is -5.69. The quantitative estimate of drug-likeness (QED) is 0.221. The van der Waals surface area contributed by atoms with Gasteiger partial charge in [0.1, 0.15) is 64.8 Å². The zero-order valence-electron chi connectivity index (χ0n) is 24.7. The van der Waals surface area contributed by atoms with Gasteiger partial charge < -0.3 is 49.6 Å². The molecule has 11 nitrogen and oxygen atoms in total. The number of ether oxygens (including phenoxy) is 4. The van der Waals surface area contributed by atoms with Crippen LogP contribution in [0.5, 0.6) is 28.7 Å². The van der Waals surface area contributed by atoms with Crippen LogP contribution in [0, 0.1) is 5.92 Å². The molecule has 11 heteroatoms. The van der Waals surface area contributed by atoms with Gasteiger partial charge in [0.05, 0.1) is 20.1 Å². The molecule has 2 aromatic rings. The lowest BCUT2D eigenvalue weighted by molar-refractivity contribution is -0.277. The highest BCUT2D eigenvalue weighted by Gasteiger charge is 2.45. The molecule has 1 fully saturated rings. The minimum absolute atomic E-state index is 0.115. The number of aromatic hydroxyl groups is 2. The van der Waals surface area contributed by atoms with E-state index in [0.717, 1.165) is 17.2 Å². The third-order valence-electron chi connectivity index (χ3n) is 7.85. The molecular formula is C32H40O11. The van der Waals surface area contributed by atoms with Crippen molar-refractivity contribution in [2.75, 3.05) is 13.7 Å². The molecule has 0 amide bonds. The van der Waals surface area contributed by atoms with Gasteiger partial charge in [-0.3, -0.25) is 4.79 Å². The summed E-state index contributed by atoms with van der Waals surface area (Å²) < 4.78 is 23.7. The van der Waals surface area contributed by atoms with Crippen molar-refractivity contribution >= 4 is 5.78 Å². The molecule has 43 heavy (non-hydrogen) atoms. The number of ketones is 1. The number of rotatable bonds is 10. The summed E-state index contributed by atoms with van der Waals surface area (Å²) in [5.74, 6) is -0.439. The zero-order chi connectivity index (χ0) is 31.6. The second-order valence-corrected chi connectivity index (χ2v) is 11.3. The number of benzene rings is 2. The molecule has 0 aliphatic carbocycles. The molecule has 0 saturated carbocycles. The van der Waals surface area contributed by atoms with Crippen LogP contribution in [0.1, 0.15) is 61.2 Å². The van der Waals surface area contributed by atoms with E-state index in [1.165, 1.54) is 25.3 Å². The number of allylic oxidation sites excluding steroid dienone is 3. The Labute approximate surface area is 250 Å². The predicted molar refractivity (Wildman–Crippen MR) is 156 cm³/mol. The predicted octanol–water partition coefficient (Wildman–Crippen LogP) is 3.08. The minimum atomic E-state index is -1.68. The van der Waals surface area contributed by atoms with Gasteiger partial charge in [0.25, 0.3) is 0 Å². The highest BCUT2D eigenvalue weighted by Crippen LogP contribution is 2.49. The monoisotopic (exact) mass is 600 g/mol. The number of hydrogen-bond donors (Lipinski definition) is 6. The fourth-order valence-electron chi connectivity index (χ4n) is 5.31. The van der Waals surface area contributed by atoms with Gasteiger partial charge in [-0.2, -0.15) is 0 Å². The van der Waals surface area contributed by atoms with Crippen molar-refractivity contribution in [3.63, 3.8) is 0 Å². The van der Waals surface area contributed by atoms with Crippen LogP contribution in [0.4, 0.5) is 0 Å². The number of Topliss-reactive ketones (excluding diaryl/α,β-unsaturated/α-hetero) is 1. The van der Waals surface area contributed by atoms with Crippen molar-refractivity contribution < 1.29 is 54.4 Å². The smallest absolute Gasteiger partial charge is 0.229 e. The Bertz CT molecular complexity index is 1380. The van der Waals surface area contributed by atoms with Crippen LogP contribution in [-0.4, -0.2) is 80.8 Å². The lowest BCUT2D eigenvalue weighted by Gasteiger charge is -2.40. The average molecular weight is 601 g/mol. The van der Waals surface area contributed by atoms with Crippen molar-refractivity contribution in [2.24, 2.45) is 5.92 Å². The Morgan fingerprint density at radius 2 is 1.81 bits per heavy atom. The van der Waals surface area contributed by atoms with Crippen LogP contribution in [0.2, 0.25) is 0 Å². The molecule has 0 spiro atoms. The van der Waals surface area contributed by atoms with Crippen molar-refractivity contribution in [1.29, 1.82) is 0 Å². The first-order valence-corrected chi connectivity index (χ1v) is 14.1. The van der Waals surface area contributed by atoms with Gasteiger partial charge in [-0.1, -0.05) is 23.8 Å². The molecular weight excluding hydrogens is 560 g/mol. The Kier molecular flexibility index (Phi) is 10.0. The standard InChI is InChI=1S/C32H40O11/c1-15(2)6-7-17(16(3)4)10-20-24(42-32-30(39)29(38)28(37)26(14-33)43-32)13-25(40-5)27-22(36)12-23(41-31(20)27)19-9-8-18(34)11-21(19)35/h6,8-9,11,13,17,23,26,28-30,32-35,37-39H,3,7,10,12,14H2,1-2,4-5H3/t17?,23-,26+,28+,29-,30+,32+/m0/s1. The summed E-state index contributed by atoms with van der Waals surface area (Å²) in [7, 11) is 1.38. The molecule has 6 N–H and O–H groups in total. The van der Waals surface area contributed by atoms with E-state index in [2.05, 4.69) is 12.7 Å². The van der Waals surface area contributed by atoms with E-state index in [4.69, 9.17) is 18.9 Å². The van der Waals surface area contributed by atoms with Gasteiger partial charge >= 0.3 is 0 Å². The van der Waals surface area contributed by atoms with Crippen molar-refractivity contribution in [3.8, 4) is 28.7 Å². The van der Waals surface area contributed by atoms with Gasteiger partial charge in [-0.15, -0.1) is 0 Å². The van der Waals surface area contributed by atoms with Gasteiger partial charge in [-0.25, -0.2) is 0 Å². The lowest BCUT2D eigenvalue weighted by atomic mass is 9.86. The SMILES string of the molecule is C=C(C)C(CC=C(C)C)Cc1c(O[C@@H]2O[C@H](CO)[C@@H](O)[C@H](O)[C@H]2O)cc(OC)c2c1O[C@H](c1ccc(O)cc1O)CC2=O. The Morgan fingerprint density at radius 3 is 2.42 bits per heavy atom. The lowest BCUT2D eigenvalue weighted by Crippen LogP contribution is -2.60. The molecule has 0 bridgehead atoms. The Morgan fingerprint density at radius 1 is 1.09 bits per heavy atom. The molecule has 0 aromatic heterocycles. The first kappa shape index (κ1) is 32.3. The van der Waals surface area contributed by atoms with Gasteiger partial charge in [0.15, 0.2) is 5.78 Å². The Hall–Kier alpha value is -3.61. The van der Waals surface area contributed by atoms with Crippen LogP contribution in [0.3, 0.4) is 0 Å². The van der Waals surface area contributed by atoms with E-state index in [-0.39, 0.29) is 58.9 Å².